The van der Waals surface area contributed by atoms with Crippen LogP contribution < -0.4 is 0 Å². The van der Waals surface area contributed by atoms with E-state index in [1.165, 1.54) is 4.90 Å². The topological polar surface area (TPSA) is 88.2 Å². The molecule has 1 amide bonds. The van der Waals surface area contributed by atoms with Crippen molar-refractivity contribution in [3.8, 4) is 11.4 Å². The van der Waals surface area contributed by atoms with Crippen LogP contribution in [0.2, 0.25) is 0 Å². The van der Waals surface area contributed by atoms with Crippen LogP contribution in [0.25, 0.3) is 22.4 Å². The second kappa shape index (κ2) is 8.57. The van der Waals surface area contributed by atoms with Gasteiger partial charge in [0.05, 0.1) is 16.6 Å². The van der Waals surface area contributed by atoms with Gasteiger partial charge in [-0.05, 0) is 35.9 Å². The lowest BCUT2D eigenvalue weighted by Crippen LogP contribution is -2.30. The van der Waals surface area contributed by atoms with Crippen LogP contribution in [0.15, 0.2) is 73.1 Å². The molecule has 0 spiro atoms. The summed E-state index contributed by atoms with van der Waals surface area (Å²) in [7, 11) is 1.68. The summed E-state index contributed by atoms with van der Waals surface area (Å²) in [4.78, 5) is 38.0. The lowest BCUT2D eigenvalue weighted by atomic mass is 10.2. The number of amides is 1. The van der Waals surface area contributed by atoms with E-state index in [2.05, 4.69) is 15.0 Å². The van der Waals surface area contributed by atoms with E-state index in [9.17, 15) is 9.59 Å². The number of aromatic amines is 1. The zero-order valence-corrected chi connectivity index (χ0v) is 16.4. The van der Waals surface area contributed by atoms with Crippen LogP contribution in [0.1, 0.15) is 15.9 Å². The molecule has 0 aliphatic rings. The van der Waals surface area contributed by atoms with Crippen LogP contribution in [-0.2, 0) is 16.1 Å². The minimum Gasteiger partial charge on any atom is -0.452 e. The fourth-order valence-corrected chi connectivity index (χ4v) is 3.04. The highest BCUT2D eigenvalue weighted by Gasteiger charge is 2.15. The first kappa shape index (κ1) is 19.3. The van der Waals surface area contributed by atoms with Crippen molar-refractivity contribution in [3.05, 3.63) is 84.2 Å². The molecule has 0 saturated heterocycles. The molecule has 7 nitrogen and oxygen atoms in total. The molecule has 0 aliphatic carbocycles. The molecule has 2 aromatic carbocycles. The number of H-pyrrole nitrogens is 1. The molecule has 0 atom stereocenters. The number of benzene rings is 2. The van der Waals surface area contributed by atoms with Crippen molar-refractivity contribution in [1.29, 1.82) is 0 Å². The Bertz CT molecular complexity index is 1170. The molecule has 0 aliphatic heterocycles. The second-order valence-corrected chi connectivity index (χ2v) is 6.87. The van der Waals surface area contributed by atoms with E-state index < -0.39 is 5.97 Å². The fraction of sp³-hybridized carbons (Fsp3) is 0.130. The smallest absolute Gasteiger partial charge is 0.338 e. The molecule has 150 valence electrons. The number of carbonyl (C=O) groups is 2. The number of rotatable bonds is 6. The molecule has 0 fully saturated rings. The van der Waals surface area contributed by atoms with Gasteiger partial charge in [-0.15, -0.1) is 0 Å². The molecule has 0 saturated carbocycles. The van der Waals surface area contributed by atoms with Gasteiger partial charge in [0, 0.05) is 31.5 Å². The number of imidazole rings is 1. The molecule has 0 radical (unpaired) electrons. The summed E-state index contributed by atoms with van der Waals surface area (Å²) in [6.45, 7) is 0.137. The summed E-state index contributed by atoms with van der Waals surface area (Å²) in [5.41, 5.74) is 3.64. The first-order valence-electron chi connectivity index (χ1n) is 9.45. The monoisotopic (exact) mass is 400 g/mol. The average Bonchev–Trinajstić information content (AvgIpc) is 3.22. The van der Waals surface area contributed by atoms with Gasteiger partial charge in [-0.1, -0.05) is 30.3 Å². The Morgan fingerprint density at radius 3 is 2.67 bits per heavy atom. The van der Waals surface area contributed by atoms with Crippen molar-refractivity contribution in [2.75, 3.05) is 13.7 Å². The zero-order chi connectivity index (χ0) is 20.9. The maximum atomic E-state index is 12.4. The minimum atomic E-state index is -0.559. The van der Waals surface area contributed by atoms with Crippen molar-refractivity contribution in [2.45, 2.75) is 6.54 Å². The van der Waals surface area contributed by atoms with Gasteiger partial charge in [0.15, 0.2) is 6.61 Å². The lowest BCUT2D eigenvalue weighted by molar-refractivity contribution is -0.133. The number of likely N-dealkylation sites (N-methyl/N-ethyl adjacent to an activating group) is 1. The summed E-state index contributed by atoms with van der Waals surface area (Å²) in [6, 6.07) is 18.4. The molecular weight excluding hydrogens is 380 g/mol. The van der Waals surface area contributed by atoms with E-state index in [0.29, 0.717) is 23.4 Å². The Labute approximate surface area is 173 Å². The van der Waals surface area contributed by atoms with Crippen molar-refractivity contribution >= 4 is 22.9 Å². The Morgan fingerprint density at radius 1 is 1.07 bits per heavy atom. The Morgan fingerprint density at radius 2 is 1.90 bits per heavy atom. The lowest BCUT2D eigenvalue weighted by Gasteiger charge is -2.17. The Hall–Kier alpha value is -4.00. The third kappa shape index (κ3) is 4.35. The number of nitrogens with one attached hydrogen (secondary N) is 1. The standard InChI is InChI=1S/C23H20N4O3/c1-27(14-16-6-3-2-4-7-16)21(28)15-30-23(29)17-9-10-19-20(12-17)26-22(25-19)18-8-5-11-24-13-18/h2-13H,14-15H2,1H3,(H,25,26). The van der Waals surface area contributed by atoms with Gasteiger partial charge in [-0.3, -0.25) is 9.78 Å². The van der Waals surface area contributed by atoms with Crippen LogP contribution >= 0.6 is 0 Å². The highest BCUT2D eigenvalue weighted by atomic mass is 16.5. The van der Waals surface area contributed by atoms with Crippen molar-refractivity contribution in [1.82, 2.24) is 19.9 Å². The molecule has 0 bridgehead atoms. The molecule has 0 unspecified atom stereocenters. The number of esters is 1. The predicted molar refractivity (Wildman–Crippen MR) is 113 cm³/mol. The number of fused-ring (bicyclic) bond motifs is 1. The number of ether oxygens (including phenoxy) is 1. The first-order chi connectivity index (χ1) is 14.6. The van der Waals surface area contributed by atoms with Crippen molar-refractivity contribution in [2.24, 2.45) is 0 Å². The van der Waals surface area contributed by atoms with Crippen LogP contribution in [0, 0.1) is 0 Å². The number of hydrogen-bond acceptors (Lipinski definition) is 5. The maximum Gasteiger partial charge on any atom is 0.338 e. The van der Waals surface area contributed by atoms with Crippen LogP contribution in [-0.4, -0.2) is 45.4 Å². The SMILES string of the molecule is CN(Cc1ccccc1)C(=O)COC(=O)c1ccc2nc(-c3cccnc3)[nH]c2c1. The molecule has 7 heteroatoms. The molecule has 2 heterocycles. The predicted octanol–water partition coefficient (Wildman–Crippen LogP) is 3.44. The van der Waals surface area contributed by atoms with E-state index in [0.717, 1.165) is 16.6 Å². The molecule has 4 rings (SSSR count). The highest BCUT2D eigenvalue weighted by molar-refractivity contribution is 5.95. The third-order valence-corrected chi connectivity index (χ3v) is 4.67. The molecule has 30 heavy (non-hydrogen) atoms. The fourth-order valence-electron chi connectivity index (χ4n) is 3.04. The molecular formula is C23H20N4O3. The number of aromatic nitrogens is 3. The Balaban J connectivity index is 1.40. The summed E-state index contributed by atoms with van der Waals surface area (Å²) in [5.74, 6) is -0.161. The van der Waals surface area contributed by atoms with Gasteiger partial charge < -0.3 is 14.6 Å². The van der Waals surface area contributed by atoms with Crippen molar-refractivity contribution in [3.63, 3.8) is 0 Å². The van der Waals surface area contributed by atoms with Gasteiger partial charge in [0.1, 0.15) is 5.82 Å². The van der Waals surface area contributed by atoms with Crippen LogP contribution in [0.5, 0.6) is 0 Å². The van der Waals surface area contributed by atoms with Crippen LogP contribution in [0.3, 0.4) is 0 Å². The number of nitrogens with zero attached hydrogens (tertiary/aromatic N) is 3. The van der Waals surface area contributed by atoms with E-state index in [1.54, 1.807) is 37.6 Å². The van der Waals surface area contributed by atoms with Crippen LogP contribution in [0.4, 0.5) is 0 Å². The van der Waals surface area contributed by atoms with Crippen molar-refractivity contribution < 1.29 is 14.3 Å². The second-order valence-electron chi connectivity index (χ2n) is 6.87. The maximum absolute atomic E-state index is 12.4. The highest BCUT2D eigenvalue weighted by Crippen LogP contribution is 2.21. The molecule has 2 aromatic heterocycles. The Kier molecular flexibility index (Phi) is 5.52. The summed E-state index contributed by atoms with van der Waals surface area (Å²) < 4.78 is 5.21. The van der Waals surface area contributed by atoms with Gasteiger partial charge >= 0.3 is 5.97 Å². The van der Waals surface area contributed by atoms with E-state index in [-0.39, 0.29) is 12.5 Å². The number of pyridine rings is 1. The first-order valence-corrected chi connectivity index (χ1v) is 9.45. The third-order valence-electron chi connectivity index (χ3n) is 4.67. The van der Waals surface area contributed by atoms with E-state index in [1.807, 2.05) is 42.5 Å². The minimum absolute atomic E-state index is 0.270. The van der Waals surface area contributed by atoms with Gasteiger partial charge in [0.2, 0.25) is 0 Å². The number of hydrogen-bond donors (Lipinski definition) is 1. The summed E-state index contributed by atoms with van der Waals surface area (Å²) in [5, 5.41) is 0. The number of carbonyl (C=O) groups excluding carboxylic acids is 2. The largest absolute Gasteiger partial charge is 0.452 e. The molecule has 1 N–H and O–H groups in total. The van der Waals surface area contributed by atoms with E-state index in [4.69, 9.17) is 4.74 Å². The quantitative estimate of drug-likeness (QED) is 0.501. The average molecular weight is 400 g/mol. The van der Waals surface area contributed by atoms with Gasteiger partial charge in [-0.25, -0.2) is 9.78 Å². The normalized spacial score (nSPS) is 10.7. The molecule has 4 aromatic rings. The van der Waals surface area contributed by atoms with E-state index >= 15 is 0 Å². The summed E-state index contributed by atoms with van der Waals surface area (Å²) >= 11 is 0. The zero-order valence-electron chi connectivity index (χ0n) is 16.4. The van der Waals surface area contributed by atoms with Gasteiger partial charge in [-0.2, -0.15) is 0 Å². The van der Waals surface area contributed by atoms with Gasteiger partial charge in [0.25, 0.3) is 5.91 Å². The summed E-state index contributed by atoms with van der Waals surface area (Å²) in [6.07, 6.45) is 3.41.